The summed E-state index contributed by atoms with van der Waals surface area (Å²) in [5.74, 6) is -0.191. The van der Waals surface area contributed by atoms with Crippen LogP contribution >= 0.6 is 0 Å². The summed E-state index contributed by atoms with van der Waals surface area (Å²) in [6, 6.07) is 20.8. The fourth-order valence-corrected chi connectivity index (χ4v) is 5.34. The monoisotopic (exact) mass is 536 g/mol. The van der Waals surface area contributed by atoms with E-state index in [9.17, 15) is 4.79 Å². The van der Waals surface area contributed by atoms with Crippen LogP contribution in [0, 0.1) is 5.92 Å². The lowest BCUT2D eigenvalue weighted by Gasteiger charge is -2.14. The van der Waals surface area contributed by atoms with Crippen molar-refractivity contribution in [1.82, 2.24) is 0 Å². The molecule has 0 amide bonds. The third kappa shape index (κ3) is 21.4. The summed E-state index contributed by atoms with van der Waals surface area (Å²) in [6.07, 6.45) is 26.9. The molecule has 0 heterocycles. The van der Waals surface area contributed by atoms with Gasteiger partial charge in [-0.15, -0.1) is 0 Å². The minimum atomic E-state index is -0.605. The zero-order valence-corrected chi connectivity index (χ0v) is 25.6. The van der Waals surface area contributed by atoms with Crippen LogP contribution in [-0.2, 0) is 4.79 Å². The van der Waals surface area contributed by atoms with Crippen molar-refractivity contribution in [3.05, 3.63) is 60.7 Å². The van der Waals surface area contributed by atoms with Crippen molar-refractivity contribution in [1.29, 1.82) is 0 Å². The van der Waals surface area contributed by atoms with Gasteiger partial charge in [0.1, 0.15) is 0 Å². The first-order chi connectivity index (χ1) is 19.2. The van der Waals surface area contributed by atoms with Gasteiger partial charge in [0.15, 0.2) is 0 Å². The fraction of sp³-hybridized carbons (Fsp3) is 0.649. The van der Waals surface area contributed by atoms with Gasteiger partial charge in [0.05, 0.1) is 0 Å². The van der Waals surface area contributed by atoms with Gasteiger partial charge in [0.2, 0.25) is 0 Å². The van der Waals surface area contributed by atoms with E-state index in [1.165, 1.54) is 127 Å². The molecule has 2 rings (SSSR count). The molecule has 2 nitrogen and oxygen atoms in total. The van der Waals surface area contributed by atoms with Crippen molar-refractivity contribution in [2.75, 3.05) is 0 Å². The molecule has 1 unspecified atom stereocenters. The first kappa shape index (κ1) is 34.9. The molecule has 0 fully saturated rings. The lowest BCUT2D eigenvalue weighted by atomic mass is 9.91. The van der Waals surface area contributed by atoms with Crippen LogP contribution in [0.3, 0.4) is 0 Å². The van der Waals surface area contributed by atoms with Crippen LogP contribution in [0.25, 0.3) is 11.1 Å². The number of carbonyl (C=O) groups is 1. The molecular formula is C37H60O2. The van der Waals surface area contributed by atoms with Crippen LogP contribution in [0.5, 0.6) is 0 Å². The van der Waals surface area contributed by atoms with Crippen molar-refractivity contribution < 1.29 is 9.90 Å². The molecule has 2 aromatic carbocycles. The molecule has 0 saturated carbocycles. The number of benzene rings is 2. The largest absolute Gasteiger partial charge is 0.481 e. The number of hydrogen-bond acceptors (Lipinski definition) is 1. The van der Waals surface area contributed by atoms with E-state index < -0.39 is 5.97 Å². The molecule has 39 heavy (non-hydrogen) atoms. The predicted octanol–water partition coefficient (Wildman–Crippen LogP) is 12.3. The topological polar surface area (TPSA) is 37.3 Å². The Morgan fingerprint density at radius 2 is 0.821 bits per heavy atom. The van der Waals surface area contributed by atoms with Gasteiger partial charge in [-0.1, -0.05) is 190 Å². The normalized spacial score (nSPS) is 11.5. The van der Waals surface area contributed by atoms with Gasteiger partial charge in [-0.2, -0.15) is 0 Å². The van der Waals surface area contributed by atoms with E-state index in [-0.39, 0.29) is 0 Å². The van der Waals surface area contributed by atoms with Gasteiger partial charge in [-0.05, 0) is 29.9 Å². The smallest absolute Gasteiger partial charge is 0.303 e. The summed E-state index contributed by atoms with van der Waals surface area (Å²) < 4.78 is 0. The van der Waals surface area contributed by atoms with Crippen LogP contribution in [-0.4, -0.2) is 11.1 Å². The number of rotatable bonds is 23. The quantitative estimate of drug-likeness (QED) is 0.143. The Labute approximate surface area is 242 Å². The van der Waals surface area contributed by atoms with Crippen LogP contribution in [0.15, 0.2) is 60.7 Å². The number of aliphatic carboxylic acids is 1. The fourth-order valence-electron chi connectivity index (χ4n) is 5.34. The number of carboxylic acid groups (broad SMARTS) is 1. The van der Waals surface area contributed by atoms with Crippen molar-refractivity contribution >= 4 is 5.97 Å². The summed E-state index contributed by atoms with van der Waals surface area (Å²) in [6.45, 7) is 4.53. The van der Waals surface area contributed by atoms with Crippen molar-refractivity contribution in [2.45, 2.75) is 149 Å². The van der Waals surface area contributed by atoms with Crippen molar-refractivity contribution in [3.63, 3.8) is 0 Å². The van der Waals surface area contributed by atoms with E-state index in [2.05, 4.69) is 62.4 Å². The highest BCUT2D eigenvalue weighted by atomic mass is 16.4. The maximum atomic E-state index is 11.1. The van der Waals surface area contributed by atoms with Crippen LogP contribution < -0.4 is 0 Å². The summed E-state index contributed by atoms with van der Waals surface area (Å²) in [5, 5.41) is 9.17. The van der Waals surface area contributed by atoms with Crippen LogP contribution in [0.4, 0.5) is 0 Å². The van der Waals surface area contributed by atoms with E-state index in [1.807, 2.05) is 12.1 Å². The standard InChI is InChI=1S/C25H50O2.C12H10/c1-3-5-7-9-11-13-14-16-18-20-22-24(23-25(26)27)21-19-17-15-12-10-8-6-4-2;1-3-7-11(8-4-1)12-9-5-2-6-10-12/h24H,3-23H2,1-2H3,(H,26,27);1-10H. The Morgan fingerprint density at radius 3 is 1.13 bits per heavy atom. The highest BCUT2D eigenvalue weighted by Gasteiger charge is 2.12. The minimum Gasteiger partial charge on any atom is -0.481 e. The molecule has 1 N–H and O–H groups in total. The van der Waals surface area contributed by atoms with Gasteiger partial charge in [0, 0.05) is 6.42 Å². The zero-order valence-electron chi connectivity index (χ0n) is 25.6. The Hall–Kier alpha value is -2.09. The third-order valence-electron chi connectivity index (χ3n) is 7.78. The molecule has 0 aromatic heterocycles. The number of hydrogen-bond donors (Lipinski definition) is 1. The van der Waals surface area contributed by atoms with Gasteiger partial charge >= 0.3 is 5.97 Å². The molecule has 0 aliphatic rings. The summed E-state index contributed by atoms with van der Waals surface area (Å²) >= 11 is 0. The molecule has 0 aliphatic carbocycles. The third-order valence-corrected chi connectivity index (χ3v) is 7.78. The molecule has 0 spiro atoms. The predicted molar refractivity (Wildman–Crippen MR) is 171 cm³/mol. The highest BCUT2D eigenvalue weighted by molar-refractivity contribution is 5.67. The average Bonchev–Trinajstić information content (AvgIpc) is 2.96. The Kier molecular flexibility index (Phi) is 23.4. The highest BCUT2D eigenvalue weighted by Crippen LogP contribution is 2.22. The summed E-state index contributed by atoms with van der Waals surface area (Å²) in [7, 11) is 0. The lowest BCUT2D eigenvalue weighted by Crippen LogP contribution is -2.08. The molecule has 2 heteroatoms. The van der Waals surface area contributed by atoms with E-state index >= 15 is 0 Å². The molecule has 2 aromatic rings. The maximum Gasteiger partial charge on any atom is 0.303 e. The zero-order chi connectivity index (χ0) is 28.2. The first-order valence-electron chi connectivity index (χ1n) is 16.5. The second-order valence-electron chi connectivity index (χ2n) is 11.4. The van der Waals surface area contributed by atoms with E-state index in [0.717, 1.165) is 12.8 Å². The Bertz CT molecular complexity index is 733. The second-order valence-corrected chi connectivity index (χ2v) is 11.4. The average molecular weight is 537 g/mol. The van der Waals surface area contributed by atoms with Gasteiger partial charge in [-0.3, -0.25) is 4.79 Å². The summed E-state index contributed by atoms with van der Waals surface area (Å²) in [4.78, 5) is 11.1. The van der Waals surface area contributed by atoms with E-state index in [4.69, 9.17) is 5.11 Å². The number of unbranched alkanes of at least 4 members (excludes halogenated alkanes) is 16. The van der Waals surface area contributed by atoms with Crippen LogP contribution in [0.2, 0.25) is 0 Å². The minimum absolute atomic E-state index is 0.383. The first-order valence-corrected chi connectivity index (χ1v) is 16.5. The van der Waals surface area contributed by atoms with Crippen molar-refractivity contribution in [3.8, 4) is 11.1 Å². The lowest BCUT2D eigenvalue weighted by molar-refractivity contribution is -0.138. The van der Waals surface area contributed by atoms with E-state index in [1.54, 1.807) is 0 Å². The Balaban J connectivity index is 0.000000516. The molecular weight excluding hydrogens is 476 g/mol. The summed E-state index contributed by atoms with van der Waals surface area (Å²) in [5.41, 5.74) is 2.55. The second kappa shape index (κ2) is 26.1. The number of carboxylic acids is 1. The van der Waals surface area contributed by atoms with Gasteiger partial charge in [0.25, 0.3) is 0 Å². The molecule has 0 bridgehead atoms. The molecule has 0 saturated heterocycles. The van der Waals surface area contributed by atoms with Crippen LogP contribution in [0.1, 0.15) is 149 Å². The van der Waals surface area contributed by atoms with Crippen molar-refractivity contribution in [2.24, 2.45) is 5.92 Å². The molecule has 0 radical (unpaired) electrons. The molecule has 220 valence electrons. The molecule has 0 aliphatic heterocycles. The van der Waals surface area contributed by atoms with Gasteiger partial charge < -0.3 is 5.11 Å². The van der Waals surface area contributed by atoms with Gasteiger partial charge in [-0.25, -0.2) is 0 Å². The SMILES string of the molecule is CCCCCCCCCCCCC(CCCCCCCCCC)CC(=O)O.c1ccc(-c2ccccc2)cc1. The van der Waals surface area contributed by atoms with E-state index in [0.29, 0.717) is 12.3 Å². The molecule has 1 atom stereocenters. The maximum absolute atomic E-state index is 11.1. The Morgan fingerprint density at radius 1 is 0.513 bits per heavy atom.